The van der Waals surface area contributed by atoms with Gasteiger partial charge in [0.1, 0.15) is 12.2 Å². The Hall–Kier alpha value is -2.97. The second kappa shape index (κ2) is 7.37. The number of carbonyl (C=O) groups is 2. The smallest absolute Gasteiger partial charge is 0.254 e. The number of rotatable bonds is 7. The summed E-state index contributed by atoms with van der Waals surface area (Å²) in [7, 11) is 0. The highest BCUT2D eigenvalue weighted by molar-refractivity contribution is 5.99. The summed E-state index contributed by atoms with van der Waals surface area (Å²) in [5.41, 5.74) is 0.191. The van der Waals surface area contributed by atoms with Crippen molar-refractivity contribution < 1.29 is 22.8 Å². The van der Waals surface area contributed by atoms with Crippen LogP contribution in [-0.4, -0.2) is 45.7 Å². The van der Waals surface area contributed by atoms with E-state index in [-0.39, 0.29) is 24.5 Å². The standard InChI is InChI=1S/C21H21F3N4O2/c1-13-9-25-19(26-10-13)27-17(29)12-28(11-16-8-21(16,23)24)18(30)14-2-4-15(5-3-14)20(22)6-7-20/h2-5,9-10,16H,6-8,11-12H2,1H3,(H,25,26,27,29). The summed E-state index contributed by atoms with van der Waals surface area (Å²) in [6.07, 6.45) is 3.63. The van der Waals surface area contributed by atoms with E-state index in [1.807, 2.05) is 0 Å². The first-order valence-electron chi connectivity index (χ1n) is 9.71. The SMILES string of the molecule is Cc1cnc(NC(=O)CN(CC2CC2(F)F)C(=O)c2ccc(C3(F)CC3)cc2)nc1. The van der Waals surface area contributed by atoms with Crippen molar-refractivity contribution >= 4 is 17.8 Å². The van der Waals surface area contributed by atoms with E-state index in [2.05, 4.69) is 15.3 Å². The molecule has 0 aliphatic heterocycles. The molecule has 6 nitrogen and oxygen atoms in total. The van der Waals surface area contributed by atoms with Crippen LogP contribution in [0.15, 0.2) is 36.7 Å². The van der Waals surface area contributed by atoms with Crippen LogP contribution in [0.5, 0.6) is 0 Å². The summed E-state index contributed by atoms with van der Waals surface area (Å²) in [5.74, 6) is -4.89. The Balaban J connectivity index is 1.46. The van der Waals surface area contributed by atoms with Crippen LogP contribution in [-0.2, 0) is 10.5 Å². The lowest BCUT2D eigenvalue weighted by molar-refractivity contribution is -0.117. The number of hydrogen-bond donors (Lipinski definition) is 1. The predicted molar refractivity (Wildman–Crippen MR) is 103 cm³/mol. The van der Waals surface area contributed by atoms with Crippen molar-refractivity contribution in [2.45, 2.75) is 37.8 Å². The molecule has 9 heteroatoms. The normalized spacial score (nSPS) is 20.3. The monoisotopic (exact) mass is 418 g/mol. The highest BCUT2D eigenvalue weighted by Gasteiger charge is 2.57. The lowest BCUT2D eigenvalue weighted by Gasteiger charge is -2.22. The Labute approximate surface area is 171 Å². The quantitative estimate of drug-likeness (QED) is 0.747. The van der Waals surface area contributed by atoms with Gasteiger partial charge >= 0.3 is 0 Å². The first-order valence-corrected chi connectivity index (χ1v) is 9.71. The topological polar surface area (TPSA) is 75.2 Å². The molecule has 1 aromatic heterocycles. The number of nitrogens with one attached hydrogen (secondary N) is 1. The third-order valence-corrected chi connectivity index (χ3v) is 5.39. The fraction of sp³-hybridized carbons (Fsp3) is 0.429. The van der Waals surface area contributed by atoms with Crippen LogP contribution in [0.2, 0.25) is 0 Å². The van der Waals surface area contributed by atoms with E-state index < -0.39 is 35.9 Å². The molecule has 0 radical (unpaired) electrons. The van der Waals surface area contributed by atoms with Crippen molar-refractivity contribution in [3.63, 3.8) is 0 Å². The third-order valence-electron chi connectivity index (χ3n) is 5.39. The second-order valence-corrected chi connectivity index (χ2v) is 8.02. The minimum absolute atomic E-state index is 0.0665. The van der Waals surface area contributed by atoms with Gasteiger partial charge in [-0.3, -0.25) is 14.9 Å². The molecular formula is C21H21F3N4O2. The van der Waals surface area contributed by atoms with Crippen molar-refractivity contribution in [2.24, 2.45) is 5.92 Å². The fourth-order valence-electron chi connectivity index (χ4n) is 3.24. The van der Waals surface area contributed by atoms with E-state index in [9.17, 15) is 22.8 Å². The molecule has 0 saturated heterocycles. The molecule has 2 aliphatic carbocycles. The summed E-state index contributed by atoms with van der Waals surface area (Å²) < 4.78 is 41.0. The van der Waals surface area contributed by atoms with Crippen LogP contribution in [0.25, 0.3) is 0 Å². The molecular weight excluding hydrogens is 397 g/mol. The summed E-state index contributed by atoms with van der Waals surface area (Å²) >= 11 is 0. The average molecular weight is 418 g/mol. The van der Waals surface area contributed by atoms with Gasteiger partial charge in [0.2, 0.25) is 11.9 Å². The summed E-state index contributed by atoms with van der Waals surface area (Å²) in [6, 6.07) is 6.00. The zero-order valence-corrected chi connectivity index (χ0v) is 16.4. The molecule has 2 aliphatic rings. The molecule has 30 heavy (non-hydrogen) atoms. The number of anilines is 1. The van der Waals surface area contributed by atoms with Gasteiger partial charge in [-0.25, -0.2) is 23.1 Å². The molecule has 2 amide bonds. The number of carbonyl (C=O) groups excluding carboxylic acids is 2. The molecule has 0 bridgehead atoms. The molecule has 4 rings (SSSR count). The lowest BCUT2D eigenvalue weighted by atomic mass is 10.1. The number of aryl methyl sites for hydroxylation is 1. The number of halogens is 3. The number of hydrogen-bond acceptors (Lipinski definition) is 4. The Morgan fingerprint density at radius 1 is 1.13 bits per heavy atom. The minimum Gasteiger partial charge on any atom is -0.329 e. The van der Waals surface area contributed by atoms with E-state index in [1.54, 1.807) is 6.92 Å². The van der Waals surface area contributed by atoms with Crippen molar-refractivity contribution in [1.29, 1.82) is 0 Å². The fourth-order valence-corrected chi connectivity index (χ4v) is 3.24. The van der Waals surface area contributed by atoms with E-state index in [4.69, 9.17) is 0 Å². The number of amides is 2. The van der Waals surface area contributed by atoms with Crippen LogP contribution < -0.4 is 5.32 Å². The van der Waals surface area contributed by atoms with Crippen molar-refractivity contribution in [1.82, 2.24) is 14.9 Å². The second-order valence-electron chi connectivity index (χ2n) is 8.02. The van der Waals surface area contributed by atoms with Gasteiger partial charge in [-0.2, -0.15) is 0 Å². The highest BCUT2D eigenvalue weighted by Crippen LogP contribution is 2.50. The van der Waals surface area contributed by atoms with Crippen molar-refractivity contribution in [3.8, 4) is 0 Å². The Bertz CT molecular complexity index is 959. The van der Waals surface area contributed by atoms with Crippen LogP contribution in [0.3, 0.4) is 0 Å². The zero-order valence-electron chi connectivity index (χ0n) is 16.4. The number of alkyl halides is 3. The zero-order chi connectivity index (χ0) is 21.5. The minimum atomic E-state index is -2.83. The van der Waals surface area contributed by atoms with Crippen molar-refractivity contribution in [3.05, 3.63) is 53.3 Å². The van der Waals surface area contributed by atoms with E-state index >= 15 is 0 Å². The average Bonchev–Trinajstić information content (AvgIpc) is 3.60. The first kappa shape index (κ1) is 20.3. The highest BCUT2D eigenvalue weighted by atomic mass is 19.3. The maximum absolute atomic E-state index is 14.1. The van der Waals surface area contributed by atoms with Crippen LogP contribution in [0.4, 0.5) is 19.1 Å². The predicted octanol–water partition coefficient (Wildman–Crippen LogP) is 3.48. The van der Waals surface area contributed by atoms with Gasteiger partial charge in [0, 0.05) is 36.8 Å². The van der Waals surface area contributed by atoms with Gasteiger partial charge in [0.25, 0.3) is 11.8 Å². The molecule has 0 spiro atoms. The van der Waals surface area contributed by atoms with Gasteiger partial charge in [0.15, 0.2) is 0 Å². The Morgan fingerprint density at radius 3 is 2.27 bits per heavy atom. The number of aromatic nitrogens is 2. The van der Waals surface area contributed by atoms with E-state index in [0.717, 1.165) is 10.5 Å². The molecule has 158 valence electrons. The Kier molecular flexibility index (Phi) is 4.99. The first-order chi connectivity index (χ1) is 14.2. The largest absolute Gasteiger partial charge is 0.329 e. The van der Waals surface area contributed by atoms with Gasteiger partial charge in [0.05, 0.1) is 0 Å². The number of benzene rings is 1. The molecule has 2 fully saturated rings. The molecule has 1 unspecified atom stereocenters. The summed E-state index contributed by atoms with van der Waals surface area (Å²) in [5, 5.41) is 2.47. The van der Waals surface area contributed by atoms with Crippen molar-refractivity contribution in [2.75, 3.05) is 18.4 Å². The van der Waals surface area contributed by atoms with Crippen LogP contribution in [0.1, 0.15) is 40.7 Å². The van der Waals surface area contributed by atoms with Gasteiger partial charge in [-0.15, -0.1) is 0 Å². The third kappa shape index (κ3) is 4.44. The number of nitrogens with zero attached hydrogens (tertiary/aromatic N) is 3. The van der Waals surface area contributed by atoms with Crippen LogP contribution in [0, 0.1) is 12.8 Å². The van der Waals surface area contributed by atoms with Crippen LogP contribution >= 0.6 is 0 Å². The maximum atomic E-state index is 14.1. The summed E-state index contributed by atoms with van der Waals surface area (Å²) in [4.78, 5) is 34.3. The molecule has 1 heterocycles. The summed E-state index contributed by atoms with van der Waals surface area (Å²) in [6.45, 7) is 1.13. The van der Waals surface area contributed by atoms with Gasteiger partial charge in [-0.1, -0.05) is 12.1 Å². The lowest BCUT2D eigenvalue weighted by Crippen LogP contribution is -2.40. The van der Waals surface area contributed by atoms with Gasteiger partial charge in [-0.05, 0) is 43.0 Å². The van der Waals surface area contributed by atoms with Gasteiger partial charge < -0.3 is 4.90 Å². The van der Waals surface area contributed by atoms with E-state index in [0.29, 0.717) is 18.4 Å². The maximum Gasteiger partial charge on any atom is 0.254 e. The molecule has 1 atom stereocenters. The molecule has 1 N–H and O–H groups in total. The molecule has 2 aromatic rings. The molecule has 2 saturated carbocycles. The Morgan fingerprint density at radius 2 is 1.73 bits per heavy atom. The van der Waals surface area contributed by atoms with E-state index in [1.165, 1.54) is 36.7 Å². The molecule has 1 aromatic carbocycles.